The molecule has 0 radical (unpaired) electrons. The molecule has 0 saturated heterocycles. The fourth-order valence-electron chi connectivity index (χ4n) is 3.43. The zero-order valence-electron chi connectivity index (χ0n) is 13.5. The number of hydrogen-bond acceptors (Lipinski definition) is 4. The molecule has 1 aromatic rings. The van der Waals surface area contributed by atoms with E-state index in [0.717, 1.165) is 18.7 Å². The molecule has 2 rings (SSSR count). The van der Waals surface area contributed by atoms with Crippen LogP contribution in [0.15, 0.2) is 6.33 Å². The zero-order valence-corrected chi connectivity index (χ0v) is 13.5. The maximum absolute atomic E-state index is 12.6. The molecule has 0 aliphatic heterocycles. The predicted octanol–water partition coefficient (Wildman–Crippen LogP) is 3.40. The van der Waals surface area contributed by atoms with E-state index >= 15 is 0 Å². The van der Waals surface area contributed by atoms with Crippen LogP contribution in [-0.4, -0.2) is 27.3 Å². The highest BCUT2D eigenvalue weighted by Crippen LogP contribution is 2.36. The Bertz CT molecular complexity index is 460. The van der Waals surface area contributed by atoms with E-state index < -0.39 is 5.41 Å². The van der Waals surface area contributed by atoms with Crippen LogP contribution in [0.4, 0.5) is 0 Å². The van der Waals surface area contributed by atoms with E-state index in [1.807, 2.05) is 20.8 Å². The number of hydrogen-bond donors (Lipinski definition) is 0. The molecule has 1 saturated carbocycles. The van der Waals surface area contributed by atoms with Crippen molar-refractivity contribution in [3.8, 4) is 0 Å². The molecule has 1 aliphatic carbocycles. The number of esters is 1. The lowest BCUT2D eigenvalue weighted by Crippen LogP contribution is -2.40. The van der Waals surface area contributed by atoms with Gasteiger partial charge < -0.3 is 9.30 Å². The Balaban J connectivity index is 2.37. The molecule has 118 valence electrons. The molecule has 0 spiro atoms. The van der Waals surface area contributed by atoms with Crippen LogP contribution < -0.4 is 0 Å². The predicted molar refractivity (Wildman–Crippen MR) is 81.0 cm³/mol. The van der Waals surface area contributed by atoms with Gasteiger partial charge in [-0.3, -0.25) is 4.79 Å². The summed E-state index contributed by atoms with van der Waals surface area (Å²) in [6.07, 6.45) is 9.26. The molecule has 1 aliphatic rings. The Labute approximate surface area is 127 Å². The molecule has 5 heteroatoms. The summed E-state index contributed by atoms with van der Waals surface area (Å²) in [5, 5.41) is 8.43. The standard InChI is InChI=1S/C16H27N3O2/c1-4-16(5-2,15(20)21-6-3)14-18-17-12-19(14)13-10-8-7-9-11-13/h12-13H,4-11H2,1-3H3. The van der Waals surface area contributed by atoms with E-state index in [2.05, 4.69) is 14.8 Å². The SMILES string of the molecule is CCOC(=O)C(CC)(CC)c1nncn1C1CCCCC1. The summed E-state index contributed by atoms with van der Waals surface area (Å²) in [7, 11) is 0. The van der Waals surface area contributed by atoms with Crippen LogP contribution >= 0.6 is 0 Å². The van der Waals surface area contributed by atoms with Crippen LogP contribution in [0, 0.1) is 0 Å². The van der Waals surface area contributed by atoms with Gasteiger partial charge in [0.1, 0.15) is 11.7 Å². The summed E-state index contributed by atoms with van der Waals surface area (Å²) < 4.78 is 7.48. The van der Waals surface area contributed by atoms with Crippen molar-refractivity contribution in [3.63, 3.8) is 0 Å². The average Bonchev–Trinajstić information content (AvgIpc) is 3.00. The van der Waals surface area contributed by atoms with Crippen molar-refractivity contribution in [3.05, 3.63) is 12.2 Å². The number of rotatable bonds is 6. The second kappa shape index (κ2) is 7.05. The number of carbonyl (C=O) groups excluding carboxylic acids is 1. The molecule has 0 aromatic carbocycles. The normalized spacial score (nSPS) is 16.9. The van der Waals surface area contributed by atoms with E-state index in [0.29, 0.717) is 25.5 Å². The number of carbonyl (C=O) groups is 1. The molecule has 0 atom stereocenters. The van der Waals surface area contributed by atoms with E-state index in [9.17, 15) is 4.79 Å². The minimum Gasteiger partial charge on any atom is -0.465 e. The summed E-state index contributed by atoms with van der Waals surface area (Å²) in [4.78, 5) is 12.6. The first-order valence-corrected chi connectivity index (χ1v) is 8.26. The van der Waals surface area contributed by atoms with Gasteiger partial charge in [-0.05, 0) is 32.6 Å². The molecule has 0 amide bonds. The average molecular weight is 293 g/mol. The summed E-state index contributed by atoms with van der Waals surface area (Å²) in [5.74, 6) is 0.623. The lowest BCUT2D eigenvalue weighted by atomic mass is 9.80. The molecule has 21 heavy (non-hydrogen) atoms. The molecule has 0 unspecified atom stereocenters. The largest absolute Gasteiger partial charge is 0.465 e. The topological polar surface area (TPSA) is 57.0 Å². The molecular weight excluding hydrogens is 266 g/mol. The van der Waals surface area contributed by atoms with Crippen molar-refractivity contribution < 1.29 is 9.53 Å². The van der Waals surface area contributed by atoms with E-state index in [4.69, 9.17) is 4.74 Å². The first-order chi connectivity index (χ1) is 10.2. The van der Waals surface area contributed by atoms with Crippen LogP contribution in [0.25, 0.3) is 0 Å². The van der Waals surface area contributed by atoms with Gasteiger partial charge in [-0.15, -0.1) is 10.2 Å². The lowest BCUT2D eigenvalue weighted by Gasteiger charge is -2.32. The quantitative estimate of drug-likeness (QED) is 0.754. The third-order valence-corrected chi connectivity index (χ3v) is 4.84. The Morgan fingerprint density at radius 1 is 1.29 bits per heavy atom. The molecular formula is C16H27N3O2. The van der Waals surface area contributed by atoms with Gasteiger partial charge in [-0.2, -0.15) is 0 Å². The second-order valence-corrected chi connectivity index (χ2v) is 5.86. The molecule has 5 nitrogen and oxygen atoms in total. The van der Waals surface area contributed by atoms with Gasteiger partial charge >= 0.3 is 5.97 Å². The Hall–Kier alpha value is -1.39. The van der Waals surface area contributed by atoms with Gasteiger partial charge in [0.25, 0.3) is 0 Å². The highest BCUT2D eigenvalue weighted by Gasteiger charge is 2.43. The molecule has 0 bridgehead atoms. The second-order valence-electron chi connectivity index (χ2n) is 5.86. The minimum atomic E-state index is -0.663. The molecule has 1 aromatic heterocycles. The highest BCUT2D eigenvalue weighted by atomic mass is 16.5. The third-order valence-electron chi connectivity index (χ3n) is 4.84. The Morgan fingerprint density at radius 3 is 2.52 bits per heavy atom. The van der Waals surface area contributed by atoms with Gasteiger partial charge in [0.2, 0.25) is 0 Å². The van der Waals surface area contributed by atoms with E-state index in [1.165, 1.54) is 19.3 Å². The van der Waals surface area contributed by atoms with Crippen molar-refractivity contribution in [2.24, 2.45) is 0 Å². The fourth-order valence-corrected chi connectivity index (χ4v) is 3.43. The van der Waals surface area contributed by atoms with Crippen LogP contribution in [0.1, 0.15) is 77.6 Å². The summed E-state index contributed by atoms with van der Waals surface area (Å²) >= 11 is 0. The smallest absolute Gasteiger partial charge is 0.319 e. The Morgan fingerprint density at radius 2 is 1.95 bits per heavy atom. The lowest BCUT2D eigenvalue weighted by molar-refractivity contribution is -0.151. The maximum atomic E-state index is 12.6. The minimum absolute atomic E-state index is 0.167. The van der Waals surface area contributed by atoms with Gasteiger partial charge in [0, 0.05) is 6.04 Å². The number of ether oxygens (including phenoxy) is 1. The van der Waals surface area contributed by atoms with Crippen molar-refractivity contribution in [2.75, 3.05) is 6.61 Å². The van der Waals surface area contributed by atoms with Crippen LogP contribution in [0.3, 0.4) is 0 Å². The van der Waals surface area contributed by atoms with Crippen molar-refractivity contribution in [1.29, 1.82) is 0 Å². The molecule has 1 heterocycles. The van der Waals surface area contributed by atoms with Gasteiger partial charge in [0.15, 0.2) is 5.82 Å². The van der Waals surface area contributed by atoms with Crippen molar-refractivity contribution in [2.45, 2.75) is 77.2 Å². The van der Waals surface area contributed by atoms with E-state index in [1.54, 1.807) is 6.33 Å². The fraction of sp³-hybridized carbons (Fsp3) is 0.812. The van der Waals surface area contributed by atoms with Crippen molar-refractivity contribution >= 4 is 5.97 Å². The van der Waals surface area contributed by atoms with Gasteiger partial charge in [0.05, 0.1) is 6.61 Å². The summed E-state index contributed by atoms with van der Waals surface area (Å²) in [6.45, 7) is 6.30. The van der Waals surface area contributed by atoms with E-state index in [-0.39, 0.29) is 5.97 Å². The van der Waals surface area contributed by atoms with Crippen LogP contribution in [0.5, 0.6) is 0 Å². The van der Waals surface area contributed by atoms with Gasteiger partial charge in [-0.25, -0.2) is 0 Å². The van der Waals surface area contributed by atoms with Crippen molar-refractivity contribution in [1.82, 2.24) is 14.8 Å². The zero-order chi connectivity index (χ0) is 15.3. The van der Waals surface area contributed by atoms with Crippen LogP contribution in [-0.2, 0) is 14.9 Å². The first kappa shape index (κ1) is 16.0. The third kappa shape index (κ3) is 2.97. The molecule has 1 fully saturated rings. The monoisotopic (exact) mass is 293 g/mol. The first-order valence-electron chi connectivity index (χ1n) is 8.26. The summed E-state index contributed by atoms with van der Waals surface area (Å²) in [5.41, 5.74) is -0.663. The highest BCUT2D eigenvalue weighted by molar-refractivity contribution is 5.82. The Kier molecular flexibility index (Phi) is 5.37. The van der Waals surface area contributed by atoms with Crippen LogP contribution in [0.2, 0.25) is 0 Å². The van der Waals surface area contributed by atoms with Gasteiger partial charge in [-0.1, -0.05) is 33.1 Å². The number of aromatic nitrogens is 3. The summed E-state index contributed by atoms with van der Waals surface area (Å²) in [6, 6.07) is 0.427. The molecule has 0 N–H and O–H groups in total. The number of nitrogens with zero attached hydrogens (tertiary/aromatic N) is 3. The maximum Gasteiger partial charge on any atom is 0.319 e.